The van der Waals surface area contributed by atoms with E-state index >= 15 is 0 Å². The molecule has 6 heteroatoms. The largest absolute Gasteiger partial charge is 0.481 e. The van der Waals surface area contributed by atoms with Gasteiger partial charge in [0.15, 0.2) is 0 Å². The minimum atomic E-state index is 0.216. The molecule has 0 N–H and O–H groups in total. The summed E-state index contributed by atoms with van der Waals surface area (Å²) in [5.74, 6) is 1.45. The van der Waals surface area contributed by atoms with Gasteiger partial charge in [0, 0.05) is 44.9 Å². The first-order valence-electron chi connectivity index (χ1n) is 6.64. The average molecular weight is 264 g/mol. The summed E-state index contributed by atoms with van der Waals surface area (Å²) in [5.41, 5.74) is 0. The van der Waals surface area contributed by atoms with Crippen LogP contribution in [0.5, 0.6) is 5.88 Å². The second kappa shape index (κ2) is 6.36. The number of rotatable bonds is 3. The second-order valence-corrected chi connectivity index (χ2v) is 4.47. The fraction of sp³-hybridized carbons (Fsp3) is 0.615. The van der Waals surface area contributed by atoms with Gasteiger partial charge in [-0.3, -0.25) is 4.79 Å². The lowest BCUT2D eigenvalue weighted by Gasteiger charge is -2.21. The minimum absolute atomic E-state index is 0.216. The van der Waals surface area contributed by atoms with Gasteiger partial charge in [0.2, 0.25) is 17.7 Å². The van der Waals surface area contributed by atoms with Crippen LogP contribution in [0.25, 0.3) is 0 Å². The third-order valence-electron chi connectivity index (χ3n) is 3.26. The molecule has 0 bridgehead atoms. The second-order valence-electron chi connectivity index (χ2n) is 4.47. The molecule has 1 fully saturated rings. The van der Waals surface area contributed by atoms with Crippen molar-refractivity contribution in [3.63, 3.8) is 0 Å². The maximum absolute atomic E-state index is 11.7. The SMILES string of the molecule is CCC(=O)N1CCCN(c2nccc(OC)n2)CC1. The summed E-state index contributed by atoms with van der Waals surface area (Å²) in [5, 5.41) is 0. The van der Waals surface area contributed by atoms with Gasteiger partial charge in [-0.2, -0.15) is 4.98 Å². The molecule has 0 saturated carbocycles. The number of ether oxygens (including phenoxy) is 1. The van der Waals surface area contributed by atoms with E-state index in [4.69, 9.17) is 4.74 Å². The van der Waals surface area contributed by atoms with Crippen LogP contribution in [0.2, 0.25) is 0 Å². The fourth-order valence-electron chi connectivity index (χ4n) is 2.19. The van der Waals surface area contributed by atoms with E-state index in [1.807, 2.05) is 11.8 Å². The monoisotopic (exact) mass is 264 g/mol. The molecule has 0 unspecified atom stereocenters. The lowest BCUT2D eigenvalue weighted by Crippen LogP contribution is -2.35. The zero-order valence-electron chi connectivity index (χ0n) is 11.5. The van der Waals surface area contributed by atoms with Crippen LogP contribution in [0.3, 0.4) is 0 Å². The Balaban J connectivity index is 2.04. The van der Waals surface area contributed by atoms with Crippen molar-refractivity contribution < 1.29 is 9.53 Å². The van der Waals surface area contributed by atoms with Gasteiger partial charge >= 0.3 is 0 Å². The molecular formula is C13H20N4O2. The topological polar surface area (TPSA) is 58.6 Å². The lowest BCUT2D eigenvalue weighted by molar-refractivity contribution is -0.130. The number of anilines is 1. The molecule has 1 amide bonds. The first-order valence-corrected chi connectivity index (χ1v) is 6.64. The van der Waals surface area contributed by atoms with Crippen LogP contribution in [-0.2, 0) is 4.79 Å². The first-order chi connectivity index (χ1) is 9.24. The number of nitrogens with zero attached hydrogens (tertiary/aromatic N) is 4. The smallest absolute Gasteiger partial charge is 0.228 e. The van der Waals surface area contributed by atoms with Gasteiger partial charge in [-0.15, -0.1) is 0 Å². The first kappa shape index (κ1) is 13.6. The molecule has 0 atom stereocenters. The summed E-state index contributed by atoms with van der Waals surface area (Å²) in [4.78, 5) is 24.3. The summed E-state index contributed by atoms with van der Waals surface area (Å²) in [6.45, 7) is 5.07. The molecule has 6 nitrogen and oxygen atoms in total. The Morgan fingerprint density at radius 2 is 2.21 bits per heavy atom. The van der Waals surface area contributed by atoms with Crippen molar-refractivity contribution in [2.75, 3.05) is 38.2 Å². The fourth-order valence-corrected chi connectivity index (χ4v) is 2.19. The highest BCUT2D eigenvalue weighted by molar-refractivity contribution is 5.75. The van der Waals surface area contributed by atoms with E-state index in [9.17, 15) is 4.79 Å². The van der Waals surface area contributed by atoms with Crippen molar-refractivity contribution in [2.24, 2.45) is 0 Å². The molecule has 1 saturated heterocycles. The molecule has 104 valence electrons. The maximum Gasteiger partial charge on any atom is 0.228 e. The van der Waals surface area contributed by atoms with Gasteiger partial charge in [0.05, 0.1) is 7.11 Å². The molecule has 2 rings (SSSR count). The number of carbonyl (C=O) groups is 1. The minimum Gasteiger partial charge on any atom is -0.481 e. The highest BCUT2D eigenvalue weighted by Gasteiger charge is 2.19. The molecule has 1 aromatic heterocycles. The van der Waals surface area contributed by atoms with Crippen LogP contribution in [0.1, 0.15) is 19.8 Å². The molecular weight excluding hydrogens is 244 g/mol. The standard InChI is InChI=1S/C13H20N4O2/c1-3-12(18)16-7-4-8-17(10-9-16)13-14-6-5-11(15-13)19-2/h5-6H,3-4,7-10H2,1-2H3. The van der Waals surface area contributed by atoms with Crippen molar-refractivity contribution in [2.45, 2.75) is 19.8 Å². The van der Waals surface area contributed by atoms with Crippen molar-refractivity contribution in [3.05, 3.63) is 12.3 Å². The van der Waals surface area contributed by atoms with Gasteiger partial charge in [-0.05, 0) is 6.42 Å². The highest BCUT2D eigenvalue weighted by Crippen LogP contribution is 2.14. The molecule has 0 aliphatic carbocycles. The van der Waals surface area contributed by atoms with Crippen molar-refractivity contribution in [1.29, 1.82) is 0 Å². The summed E-state index contributed by atoms with van der Waals surface area (Å²) < 4.78 is 5.11. The summed E-state index contributed by atoms with van der Waals surface area (Å²) in [6.07, 6.45) is 3.20. The van der Waals surface area contributed by atoms with Gasteiger partial charge in [-0.25, -0.2) is 4.98 Å². The normalized spacial score (nSPS) is 16.1. The van der Waals surface area contributed by atoms with Crippen LogP contribution in [0.4, 0.5) is 5.95 Å². The van der Waals surface area contributed by atoms with Crippen LogP contribution in [0.15, 0.2) is 12.3 Å². The highest BCUT2D eigenvalue weighted by atomic mass is 16.5. The van der Waals surface area contributed by atoms with Crippen molar-refractivity contribution in [1.82, 2.24) is 14.9 Å². The van der Waals surface area contributed by atoms with Gasteiger partial charge < -0.3 is 14.5 Å². The molecule has 0 spiro atoms. The number of hydrogen-bond acceptors (Lipinski definition) is 5. The lowest BCUT2D eigenvalue weighted by atomic mass is 10.3. The zero-order valence-corrected chi connectivity index (χ0v) is 11.5. The molecule has 0 radical (unpaired) electrons. The number of aromatic nitrogens is 2. The van der Waals surface area contributed by atoms with E-state index in [0.717, 1.165) is 32.6 Å². The van der Waals surface area contributed by atoms with Gasteiger partial charge in [0.1, 0.15) is 0 Å². The van der Waals surface area contributed by atoms with Crippen LogP contribution in [-0.4, -0.2) is 54.1 Å². The van der Waals surface area contributed by atoms with Gasteiger partial charge in [-0.1, -0.05) is 6.92 Å². The quantitative estimate of drug-likeness (QED) is 0.813. The third-order valence-corrected chi connectivity index (χ3v) is 3.26. The summed E-state index contributed by atoms with van der Waals surface area (Å²) >= 11 is 0. The van der Waals surface area contributed by atoms with E-state index in [1.54, 1.807) is 19.4 Å². The maximum atomic E-state index is 11.7. The van der Waals surface area contributed by atoms with E-state index in [-0.39, 0.29) is 5.91 Å². The predicted octanol–water partition coefficient (Wildman–Crippen LogP) is 0.934. The van der Waals surface area contributed by atoms with Gasteiger partial charge in [0.25, 0.3) is 0 Å². The third kappa shape index (κ3) is 3.33. The Labute approximate surface area is 113 Å². The molecule has 1 aliphatic heterocycles. The van der Waals surface area contributed by atoms with Crippen LogP contribution in [0, 0.1) is 0 Å². The molecule has 0 aromatic carbocycles. The molecule has 1 aromatic rings. The van der Waals surface area contributed by atoms with Crippen LogP contribution < -0.4 is 9.64 Å². The Morgan fingerprint density at radius 1 is 1.37 bits per heavy atom. The number of hydrogen-bond donors (Lipinski definition) is 0. The van der Waals surface area contributed by atoms with E-state index < -0.39 is 0 Å². The zero-order chi connectivity index (χ0) is 13.7. The van der Waals surface area contributed by atoms with Crippen LogP contribution >= 0.6 is 0 Å². The Kier molecular flexibility index (Phi) is 4.54. The Hall–Kier alpha value is -1.85. The summed E-state index contributed by atoms with van der Waals surface area (Å²) in [7, 11) is 1.59. The van der Waals surface area contributed by atoms with E-state index in [2.05, 4.69) is 14.9 Å². The van der Waals surface area contributed by atoms with Crippen molar-refractivity contribution >= 4 is 11.9 Å². The number of methoxy groups -OCH3 is 1. The summed E-state index contributed by atoms with van der Waals surface area (Å²) in [6, 6.07) is 1.73. The average Bonchev–Trinajstić information content (AvgIpc) is 2.72. The number of amides is 1. The van der Waals surface area contributed by atoms with Crippen molar-refractivity contribution in [3.8, 4) is 5.88 Å². The predicted molar refractivity (Wildman–Crippen MR) is 72.3 cm³/mol. The van der Waals surface area contributed by atoms with E-state index in [0.29, 0.717) is 18.2 Å². The Bertz CT molecular complexity index is 438. The van der Waals surface area contributed by atoms with E-state index in [1.165, 1.54) is 0 Å². The molecule has 2 heterocycles. The Morgan fingerprint density at radius 3 is 2.95 bits per heavy atom. The molecule has 19 heavy (non-hydrogen) atoms. The number of carbonyl (C=O) groups excluding carboxylic acids is 1. The molecule has 1 aliphatic rings.